The Hall–Kier alpha value is -2.74. The molecule has 0 heterocycles. The Bertz CT molecular complexity index is 991. The first-order valence-corrected chi connectivity index (χ1v) is 9.77. The zero-order valence-electron chi connectivity index (χ0n) is 15.7. The molecule has 0 radical (unpaired) electrons. The van der Waals surface area contributed by atoms with E-state index in [4.69, 9.17) is 16.3 Å². The van der Waals surface area contributed by atoms with Gasteiger partial charge < -0.3 is 15.4 Å². The van der Waals surface area contributed by atoms with Crippen molar-refractivity contribution in [1.29, 1.82) is 0 Å². The molecule has 2 bridgehead atoms. The van der Waals surface area contributed by atoms with Crippen LogP contribution in [0.3, 0.4) is 0 Å². The maximum absolute atomic E-state index is 13.4. The van der Waals surface area contributed by atoms with Gasteiger partial charge in [-0.1, -0.05) is 11.6 Å². The van der Waals surface area contributed by atoms with Crippen LogP contribution < -0.4 is 15.4 Å². The topological polar surface area (TPSA) is 67.4 Å². The fourth-order valence-corrected chi connectivity index (χ4v) is 4.38. The highest BCUT2D eigenvalue weighted by Crippen LogP contribution is 2.52. The van der Waals surface area contributed by atoms with Gasteiger partial charge in [0.05, 0.1) is 5.02 Å². The van der Waals surface area contributed by atoms with Gasteiger partial charge in [-0.05, 0) is 49.4 Å². The summed E-state index contributed by atoms with van der Waals surface area (Å²) in [5.74, 6) is -2.80. The third-order valence-electron chi connectivity index (χ3n) is 5.60. The van der Waals surface area contributed by atoms with Gasteiger partial charge in [-0.15, -0.1) is 0 Å². The molecule has 30 heavy (non-hydrogen) atoms. The maximum atomic E-state index is 13.4. The highest BCUT2D eigenvalue weighted by Gasteiger charge is 2.57. The van der Waals surface area contributed by atoms with Crippen LogP contribution in [0.5, 0.6) is 5.75 Å². The minimum absolute atomic E-state index is 0.0362. The van der Waals surface area contributed by atoms with Crippen molar-refractivity contribution < 1.29 is 27.5 Å². The first kappa shape index (κ1) is 20.5. The Kier molecular flexibility index (Phi) is 5.36. The molecule has 3 aliphatic rings. The van der Waals surface area contributed by atoms with E-state index in [1.165, 1.54) is 12.1 Å². The number of carbonyl (C=O) groups is 2. The Balaban J connectivity index is 1.29. The van der Waals surface area contributed by atoms with E-state index >= 15 is 0 Å². The summed E-state index contributed by atoms with van der Waals surface area (Å²) in [4.78, 5) is 24.6. The van der Waals surface area contributed by atoms with Crippen molar-refractivity contribution in [2.45, 2.75) is 30.8 Å². The van der Waals surface area contributed by atoms with Gasteiger partial charge in [-0.2, -0.15) is 0 Å². The van der Waals surface area contributed by atoms with E-state index in [9.17, 15) is 22.8 Å². The number of fused-ring (bicyclic) bond motifs is 1. The van der Waals surface area contributed by atoms with Crippen molar-refractivity contribution in [1.82, 2.24) is 10.6 Å². The normalized spacial score (nSPS) is 24.1. The average Bonchev–Trinajstić information content (AvgIpc) is 3.15. The number of rotatable bonds is 6. The quantitative estimate of drug-likeness (QED) is 0.724. The minimum atomic E-state index is -0.818. The molecule has 0 saturated heterocycles. The van der Waals surface area contributed by atoms with E-state index in [1.807, 2.05) is 0 Å². The molecule has 2 N–H and O–H groups in total. The molecule has 3 fully saturated rings. The predicted molar refractivity (Wildman–Crippen MR) is 103 cm³/mol. The van der Waals surface area contributed by atoms with E-state index in [1.54, 1.807) is 0 Å². The van der Waals surface area contributed by atoms with Crippen LogP contribution in [0.2, 0.25) is 5.02 Å². The van der Waals surface area contributed by atoms with Crippen LogP contribution in [0.1, 0.15) is 29.6 Å². The summed E-state index contributed by atoms with van der Waals surface area (Å²) in [7, 11) is 0. The third kappa shape index (κ3) is 4.23. The summed E-state index contributed by atoms with van der Waals surface area (Å²) in [6.45, 7) is -0.285. The minimum Gasteiger partial charge on any atom is -0.484 e. The Morgan fingerprint density at radius 3 is 2.43 bits per heavy atom. The van der Waals surface area contributed by atoms with Crippen LogP contribution in [-0.2, 0) is 4.79 Å². The lowest BCUT2D eigenvalue weighted by atomic mass is 9.76. The van der Waals surface area contributed by atoms with Crippen LogP contribution in [-0.4, -0.2) is 30.0 Å². The van der Waals surface area contributed by atoms with Crippen LogP contribution in [0.25, 0.3) is 0 Å². The fourth-order valence-electron chi connectivity index (χ4n) is 4.27. The number of ether oxygens (including phenoxy) is 1. The smallest absolute Gasteiger partial charge is 0.258 e. The van der Waals surface area contributed by atoms with Crippen molar-refractivity contribution in [2.75, 3.05) is 6.61 Å². The van der Waals surface area contributed by atoms with E-state index in [0.717, 1.165) is 18.2 Å². The van der Waals surface area contributed by atoms with Gasteiger partial charge in [0.1, 0.15) is 23.2 Å². The molecule has 1 unspecified atom stereocenters. The molecule has 0 aromatic heterocycles. The van der Waals surface area contributed by atoms with Gasteiger partial charge in [-0.25, -0.2) is 13.2 Å². The number of carbonyl (C=O) groups excluding carboxylic acids is 2. The average molecular weight is 439 g/mol. The lowest BCUT2D eigenvalue weighted by Crippen LogP contribution is -2.51. The largest absolute Gasteiger partial charge is 0.484 e. The van der Waals surface area contributed by atoms with Crippen LogP contribution in [0, 0.1) is 23.4 Å². The summed E-state index contributed by atoms with van der Waals surface area (Å²) >= 11 is 5.60. The second-order valence-corrected chi connectivity index (χ2v) is 8.21. The maximum Gasteiger partial charge on any atom is 0.258 e. The van der Waals surface area contributed by atoms with E-state index in [0.29, 0.717) is 25.3 Å². The second-order valence-electron chi connectivity index (χ2n) is 7.80. The second kappa shape index (κ2) is 7.83. The standard InChI is InChI=1S/C21H18ClF3N2O3/c22-16-2-1-15(6-17(16)25)30-10-19(28)26-18-9-21(7-12(18)8-21)27-20(29)11-3-13(23)5-14(24)4-11/h1-6,12,18H,7-10H2,(H,26,28)(H,27,29). The van der Waals surface area contributed by atoms with Gasteiger partial charge in [0.15, 0.2) is 6.61 Å². The van der Waals surface area contributed by atoms with Gasteiger partial charge in [0, 0.05) is 29.3 Å². The Morgan fingerprint density at radius 2 is 1.77 bits per heavy atom. The first-order chi connectivity index (χ1) is 14.2. The zero-order chi connectivity index (χ0) is 21.5. The zero-order valence-corrected chi connectivity index (χ0v) is 16.4. The lowest BCUT2D eigenvalue weighted by molar-refractivity contribution is -0.124. The van der Waals surface area contributed by atoms with Gasteiger partial charge in [-0.3, -0.25) is 9.59 Å². The number of hydrogen-bond acceptors (Lipinski definition) is 3. The summed E-state index contributed by atoms with van der Waals surface area (Å²) in [5, 5.41) is 5.69. The van der Waals surface area contributed by atoms with Crippen LogP contribution in [0.4, 0.5) is 13.2 Å². The molecule has 2 amide bonds. The van der Waals surface area contributed by atoms with Crippen molar-refractivity contribution in [3.8, 4) is 5.75 Å². The molecule has 9 heteroatoms. The lowest BCUT2D eigenvalue weighted by Gasteiger charge is -2.39. The molecular weight excluding hydrogens is 421 g/mol. The number of benzene rings is 2. The highest BCUT2D eigenvalue weighted by molar-refractivity contribution is 6.30. The van der Waals surface area contributed by atoms with Crippen LogP contribution >= 0.6 is 11.6 Å². The number of nitrogens with one attached hydrogen (secondary N) is 2. The Morgan fingerprint density at radius 1 is 1.07 bits per heavy atom. The highest BCUT2D eigenvalue weighted by atomic mass is 35.5. The van der Waals surface area contributed by atoms with Crippen LogP contribution in [0.15, 0.2) is 36.4 Å². The Labute approximate surface area is 175 Å². The predicted octanol–water partition coefficient (Wildman–Crippen LogP) is 3.60. The molecular formula is C21H18ClF3N2O3. The van der Waals surface area contributed by atoms with Crippen molar-refractivity contribution >= 4 is 23.4 Å². The molecule has 5 nitrogen and oxygen atoms in total. The van der Waals surface area contributed by atoms with Crippen molar-refractivity contribution in [3.63, 3.8) is 0 Å². The number of hydrogen-bond donors (Lipinski definition) is 2. The van der Waals surface area contributed by atoms with Gasteiger partial charge in [0.25, 0.3) is 11.8 Å². The number of halogens is 4. The molecule has 0 aliphatic heterocycles. The summed E-state index contributed by atoms with van der Waals surface area (Å²) in [5.41, 5.74) is -0.579. The fraction of sp³-hybridized carbons (Fsp3) is 0.333. The molecule has 3 aliphatic carbocycles. The van der Waals surface area contributed by atoms with Gasteiger partial charge >= 0.3 is 0 Å². The molecule has 2 aromatic rings. The molecule has 2 aromatic carbocycles. The molecule has 158 valence electrons. The van der Waals surface area contributed by atoms with Gasteiger partial charge in [0.2, 0.25) is 0 Å². The molecule has 1 atom stereocenters. The SMILES string of the molecule is O=C(COc1ccc(Cl)c(F)c1)NC1CC2(NC(=O)c3cc(F)cc(F)c3)CC1C2. The monoisotopic (exact) mass is 438 g/mol. The first-order valence-electron chi connectivity index (χ1n) is 9.39. The summed E-state index contributed by atoms with van der Waals surface area (Å²) < 4.78 is 45.4. The molecule has 0 spiro atoms. The van der Waals surface area contributed by atoms with E-state index in [2.05, 4.69) is 10.6 Å². The molecule has 3 saturated carbocycles. The number of amides is 2. The van der Waals surface area contributed by atoms with E-state index in [-0.39, 0.29) is 40.8 Å². The van der Waals surface area contributed by atoms with E-state index < -0.39 is 28.9 Å². The van der Waals surface area contributed by atoms with Crippen molar-refractivity contribution in [3.05, 3.63) is 64.4 Å². The third-order valence-corrected chi connectivity index (χ3v) is 5.90. The summed E-state index contributed by atoms with van der Waals surface area (Å²) in [6, 6.07) is 6.43. The van der Waals surface area contributed by atoms with Crippen molar-refractivity contribution in [2.24, 2.45) is 5.92 Å². The summed E-state index contributed by atoms with van der Waals surface area (Å²) in [6.07, 6.45) is 1.86. The molecule has 5 rings (SSSR count).